The van der Waals surface area contributed by atoms with Gasteiger partial charge in [0.05, 0.1) is 5.56 Å². The fraction of sp³-hybridized carbons (Fsp3) is 0.364. The van der Waals surface area contributed by atoms with Crippen molar-refractivity contribution in [2.24, 2.45) is 0 Å². The summed E-state index contributed by atoms with van der Waals surface area (Å²) < 4.78 is 0. The van der Waals surface area contributed by atoms with Crippen LogP contribution in [0.15, 0.2) is 18.3 Å². The summed E-state index contributed by atoms with van der Waals surface area (Å²) in [6, 6.07) is 2.49. The first kappa shape index (κ1) is 13.4. The van der Waals surface area contributed by atoms with E-state index in [1.807, 2.05) is 6.92 Å². The van der Waals surface area contributed by atoms with Crippen LogP contribution in [0, 0.1) is 0 Å². The Kier molecular flexibility index (Phi) is 4.90. The van der Waals surface area contributed by atoms with Crippen molar-refractivity contribution in [3.8, 4) is 0 Å². The maximum absolute atomic E-state index is 11.7. The summed E-state index contributed by atoms with van der Waals surface area (Å²) in [7, 11) is 0. The normalized spacial score (nSPS) is 11.7. The number of carbonyl (C=O) groups is 2. The van der Waals surface area contributed by atoms with Crippen molar-refractivity contribution < 1.29 is 9.59 Å². The minimum Gasteiger partial charge on any atom is -0.355 e. The van der Waals surface area contributed by atoms with Crippen LogP contribution in [0.3, 0.4) is 0 Å². The molecular weight excluding hydrogens is 242 g/mol. The summed E-state index contributed by atoms with van der Waals surface area (Å²) >= 11 is 5.61. The molecule has 0 unspecified atom stereocenters. The highest BCUT2D eigenvalue weighted by Gasteiger charge is 2.15. The zero-order valence-corrected chi connectivity index (χ0v) is 10.4. The van der Waals surface area contributed by atoms with E-state index in [4.69, 9.17) is 11.6 Å². The molecule has 1 atom stereocenters. The van der Waals surface area contributed by atoms with Gasteiger partial charge in [0, 0.05) is 12.7 Å². The van der Waals surface area contributed by atoms with Crippen molar-refractivity contribution in [3.05, 3.63) is 29.0 Å². The van der Waals surface area contributed by atoms with E-state index in [0.717, 1.165) is 0 Å². The van der Waals surface area contributed by atoms with E-state index in [1.54, 1.807) is 13.0 Å². The van der Waals surface area contributed by atoms with Gasteiger partial charge >= 0.3 is 0 Å². The van der Waals surface area contributed by atoms with Crippen LogP contribution < -0.4 is 10.6 Å². The third-order valence-corrected chi connectivity index (χ3v) is 2.31. The van der Waals surface area contributed by atoms with E-state index in [0.29, 0.717) is 17.3 Å². The smallest absolute Gasteiger partial charge is 0.253 e. The Labute approximate surface area is 105 Å². The molecule has 0 aliphatic heterocycles. The summed E-state index contributed by atoms with van der Waals surface area (Å²) in [5, 5.41) is 5.50. The zero-order valence-electron chi connectivity index (χ0n) is 9.66. The number of aromatic nitrogens is 1. The van der Waals surface area contributed by atoms with Gasteiger partial charge in [-0.3, -0.25) is 9.59 Å². The number of amides is 2. The highest BCUT2D eigenvalue weighted by molar-refractivity contribution is 6.29. The Morgan fingerprint density at radius 1 is 1.47 bits per heavy atom. The summed E-state index contributed by atoms with van der Waals surface area (Å²) in [4.78, 5) is 26.9. The minimum atomic E-state index is -0.585. The topological polar surface area (TPSA) is 71.1 Å². The number of rotatable bonds is 4. The van der Waals surface area contributed by atoms with Crippen LogP contribution >= 0.6 is 11.6 Å². The van der Waals surface area contributed by atoms with Crippen molar-refractivity contribution in [1.82, 2.24) is 15.6 Å². The molecule has 0 aliphatic carbocycles. The van der Waals surface area contributed by atoms with Crippen LogP contribution in [0.1, 0.15) is 24.2 Å². The first-order chi connectivity index (χ1) is 8.04. The van der Waals surface area contributed by atoms with Gasteiger partial charge in [0.2, 0.25) is 5.91 Å². The molecule has 2 amide bonds. The molecule has 1 aromatic rings. The van der Waals surface area contributed by atoms with Gasteiger partial charge in [0.1, 0.15) is 11.2 Å². The zero-order chi connectivity index (χ0) is 12.8. The second-order valence-corrected chi connectivity index (χ2v) is 3.85. The van der Waals surface area contributed by atoms with E-state index in [-0.39, 0.29) is 11.8 Å². The average molecular weight is 256 g/mol. The Hall–Kier alpha value is -1.62. The summed E-state index contributed by atoms with van der Waals surface area (Å²) in [6.45, 7) is 3.96. The molecular formula is C11H14ClN3O2. The minimum absolute atomic E-state index is 0.220. The third kappa shape index (κ3) is 4.03. The number of nitrogens with one attached hydrogen (secondary N) is 2. The molecule has 1 rings (SSSR count). The van der Waals surface area contributed by atoms with Gasteiger partial charge in [-0.15, -0.1) is 0 Å². The maximum Gasteiger partial charge on any atom is 0.253 e. The Morgan fingerprint density at radius 2 is 2.18 bits per heavy atom. The van der Waals surface area contributed by atoms with Gasteiger partial charge in [-0.25, -0.2) is 4.98 Å². The van der Waals surface area contributed by atoms with Crippen molar-refractivity contribution >= 4 is 23.4 Å². The van der Waals surface area contributed by atoms with E-state index in [1.165, 1.54) is 12.3 Å². The Morgan fingerprint density at radius 3 is 2.71 bits per heavy atom. The second-order valence-electron chi connectivity index (χ2n) is 3.46. The van der Waals surface area contributed by atoms with Gasteiger partial charge in [0.25, 0.3) is 5.91 Å². The first-order valence-corrected chi connectivity index (χ1v) is 5.62. The maximum atomic E-state index is 11.7. The molecule has 92 valence electrons. The van der Waals surface area contributed by atoms with Crippen molar-refractivity contribution in [2.45, 2.75) is 19.9 Å². The predicted molar refractivity (Wildman–Crippen MR) is 64.9 cm³/mol. The molecule has 0 bridgehead atoms. The molecule has 5 nitrogen and oxygen atoms in total. The lowest BCUT2D eigenvalue weighted by molar-refractivity contribution is -0.122. The van der Waals surface area contributed by atoms with Crippen LogP contribution in [-0.4, -0.2) is 29.4 Å². The lowest BCUT2D eigenvalue weighted by Crippen LogP contribution is -2.44. The number of carbonyl (C=O) groups excluding carboxylic acids is 2. The van der Waals surface area contributed by atoms with Crippen LogP contribution in [-0.2, 0) is 4.79 Å². The fourth-order valence-corrected chi connectivity index (χ4v) is 1.29. The third-order valence-electron chi connectivity index (χ3n) is 2.08. The monoisotopic (exact) mass is 255 g/mol. The first-order valence-electron chi connectivity index (χ1n) is 5.24. The van der Waals surface area contributed by atoms with Gasteiger partial charge in [0.15, 0.2) is 0 Å². The Bertz CT molecular complexity index is 406. The van der Waals surface area contributed by atoms with E-state index in [2.05, 4.69) is 15.6 Å². The second kappa shape index (κ2) is 6.20. The van der Waals surface area contributed by atoms with Gasteiger partial charge < -0.3 is 10.6 Å². The molecule has 1 aromatic heterocycles. The van der Waals surface area contributed by atoms with E-state index in [9.17, 15) is 9.59 Å². The highest BCUT2D eigenvalue weighted by atomic mass is 35.5. The van der Waals surface area contributed by atoms with Gasteiger partial charge in [-0.05, 0) is 26.0 Å². The molecule has 17 heavy (non-hydrogen) atoms. The van der Waals surface area contributed by atoms with E-state index < -0.39 is 6.04 Å². The number of likely N-dealkylation sites (N-methyl/N-ethyl adjacent to an activating group) is 1. The fourth-order valence-electron chi connectivity index (χ4n) is 1.18. The molecule has 0 aromatic carbocycles. The predicted octanol–water partition coefficient (Wildman–Crippen LogP) is 0.989. The Balaban J connectivity index is 2.60. The standard InChI is InChI=1S/C11H14ClN3O2/c1-3-13-10(16)7(2)15-11(17)8-4-5-9(12)14-6-8/h4-7H,3H2,1-2H3,(H,13,16)(H,15,17)/t7-/m0/s1. The average Bonchev–Trinajstić information content (AvgIpc) is 2.30. The lowest BCUT2D eigenvalue weighted by atomic mass is 10.2. The summed E-state index contributed by atoms with van der Waals surface area (Å²) in [5.41, 5.74) is 0.366. The molecule has 2 N–H and O–H groups in total. The number of nitrogens with zero attached hydrogens (tertiary/aromatic N) is 1. The quantitative estimate of drug-likeness (QED) is 0.789. The molecule has 6 heteroatoms. The number of hydrogen-bond acceptors (Lipinski definition) is 3. The molecule has 0 fully saturated rings. The van der Waals surface area contributed by atoms with Crippen LogP contribution in [0.25, 0.3) is 0 Å². The summed E-state index contributed by atoms with van der Waals surface area (Å²) in [6.07, 6.45) is 1.36. The number of pyridine rings is 1. The molecule has 0 saturated heterocycles. The molecule has 0 aliphatic rings. The van der Waals surface area contributed by atoms with Crippen molar-refractivity contribution in [3.63, 3.8) is 0 Å². The van der Waals surface area contributed by atoms with Gasteiger partial charge in [-0.2, -0.15) is 0 Å². The highest BCUT2D eigenvalue weighted by Crippen LogP contribution is 2.05. The molecule has 0 saturated carbocycles. The SMILES string of the molecule is CCNC(=O)[C@H](C)NC(=O)c1ccc(Cl)nc1. The number of halogens is 1. The van der Waals surface area contributed by atoms with Crippen molar-refractivity contribution in [1.29, 1.82) is 0 Å². The van der Waals surface area contributed by atoms with E-state index >= 15 is 0 Å². The molecule has 0 radical (unpaired) electrons. The van der Waals surface area contributed by atoms with Crippen LogP contribution in [0.4, 0.5) is 0 Å². The van der Waals surface area contributed by atoms with Crippen LogP contribution in [0.2, 0.25) is 5.15 Å². The van der Waals surface area contributed by atoms with Crippen molar-refractivity contribution in [2.75, 3.05) is 6.54 Å². The van der Waals surface area contributed by atoms with Gasteiger partial charge in [-0.1, -0.05) is 11.6 Å². The molecule has 1 heterocycles. The number of hydrogen-bond donors (Lipinski definition) is 2. The lowest BCUT2D eigenvalue weighted by Gasteiger charge is -2.13. The summed E-state index contributed by atoms with van der Waals surface area (Å²) in [5.74, 6) is -0.573. The molecule has 0 spiro atoms. The largest absolute Gasteiger partial charge is 0.355 e. The van der Waals surface area contributed by atoms with Crippen LogP contribution in [0.5, 0.6) is 0 Å².